The predicted octanol–water partition coefficient (Wildman–Crippen LogP) is 2.18. The summed E-state index contributed by atoms with van der Waals surface area (Å²) in [5, 5.41) is 0. The van der Waals surface area contributed by atoms with Crippen LogP contribution in [0, 0.1) is 3.57 Å². The number of piperidine rings is 1. The van der Waals surface area contributed by atoms with Crippen LogP contribution in [-0.2, 0) is 10.0 Å². The van der Waals surface area contributed by atoms with Crippen molar-refractivity contribution < 1.29 is 8.42 Å². The first-order chi connectivity index (χ1) is 9.05. The Hall–Kier alpha value is -0.180. The van der Waals surface area contributed by atoms with Crippen molar-refractivity contribution in [3.05, 3.63) is 27.8 Å². The fourth-order valence-corrected chi connectivity index (χ4v) is 4.60. The van der Waals surface area contributed by atoms with Crippen molar-refractivity contribution in [2.45, 2.75) is 36.6 Å². The Labute approximate surface area is 128 Å². The first-order valence-corrected chi connectivity index (χ1v) is 9.05. The largest absolute Gasteiger partial charge is 0.330 e. The van der Waals surface area contributed by atoms with Gasteiger partial charge >= 0.3 is 0 Å². The standard InChI is InChI=1S/C13H19IN2O2S/c14-11-4-6-13(7-5-11)19(17,18)16-10-2-1-3-12(16)8-9-15/h4-7,12H,1-3,8-10,15H2. The van der Waals surface area contributed by atoms with Crippen LogP contribution in [0.5, 0.6) is 0 Å². The highest BCUT2D eigenvalue weighted by Gasteiger charge is 2.32. The fourth-order valence-electron chi connectivity index (χ4n) is 2.51. The summed E-state index contributed by atoms with van der Waals surface area (Å²) in [4.78, 5) is 0.386. The lowest BCUT2D eigenvalue weighted by molar-refractivity contribution is 0.243. The molecule has 1 heterocycles. The van der Waals surface area contributed by atoms with Crippen molar-refractivity contribution in [1.29, 1.82) is 0 Å². The first kappa shape index (κ1) is 15.2. The molecule has 1 fully saturated rings. The second-order valence-electron chi connectivity index (χ2n) is 4.80. The van der Waals surface area contributed by atoms with Gasteiger partial charge in [0.05, 0.1) is 4.90 Å². The molecule has 1 saturated heterocycles. The van der Waals surface area contributed by atoms with E-state index < -0.39 is 10.0 Å². The molecular weight excluding hydrogens is 375 g/mol. The van der Waals surface area contributed by atoms with Crippen LogP contribution in [0.2, 0.25) is 0 Å². The predicted molar refractivity (Wildman–Crippen MR) is 84.4 cm³/mol. The van der Waals surface area contributed by atoms with Crippen LogP contribution in [-0.4, -0.2) is 31.9 Å². The molecular formula is C13H19IN2O2S. The van der Waals surface area contributed by atoms with Gasteiger partial charge in [0.25, 0.3) is 0 Å². The van der Waals surface area contributed by atoms with Crippen molar-refractivity contribution in [2.75, 3.05) is 13.1 Å². The highest BCUT2D eigenvalue weighted by molar-refractivity contribution is 14.1. The van der Waals surface area contributed by atoms with Crippen LogP contribution >= 0.6 is 22.6 Å². The lowest BCUT2D eigenvalue weighted by Gasteiger charge is -2.34. The van der Waals surface area contributed by atoms with Crippen molar-refractivity contribution in [1.82, 2.24) is 4.31 Å². The SMILES string of the molecule is NCCC1CCCCN1S(=O)(=O)c1ccc(I)cc1. The summed E-state index contributed by atoms with van der Waals surface area (Å²) in [6.45, 7) is 1.14. The molecule has 0 radical (unpaired) electrons. The molecule has 0 bridgehead atoms. The van der Waals surface area contributed by atoms with E-state index >= 15 is 0 Å². The van der Waals surface area contributed by atoms with E-state index in [0.29, 0.717) is 18.0 Å². The van der Waals surface area contributed by atoms with Gasteiger partial charge in [-0.2, -0.15) is 4.31 Å². The summed E-state index contributed by atoms with van der Waals surface area (Å²) in [5.41, 5.74) is 5.60. The molecule has 0 aliphatic carbocycles. The van der Waals surface area contributed by atoms with Gasteiger partial charge in [-0.25, -0.2) is 8.42 Å². The second kappa shape index (κ2) is 6.51. The maximum Gasteiger partial charge on any atom is 0.243 e. The molecule has 19 heavy (non-hydrogen) atoms. The van der Waals surface area contributed by atoms with Crippen LogP contribution in [0.1, 0.15) is 25.7 Å². The van der Waals surface area contributed by atoms with Crippen molar-refractivity contribution >= 4 is 32.6 Å². The Bertz CT molecular complexity index is 514. The minimum absolute atomic E-state index is 0.0584. The number of halogens is 1. The lowest BCUT2D eigenvalue weighted by Crippen LogP contribution is -2.44. The molecule has 1 aromatic carbocycles. The van der Waals surface area contributed by atoms with Gasteiger partial charge in [-0.1, -0.05) is 6.42 Å². The lowest BCUT2D eigenvalue weighted by atomic mass is 10.0. The Kier molecular flexibility index (Phi) is 5.22. The quantitative estimate of drug-likeness (QED) is 0.797. The molecule has 6 heteroatoms. The summed E-state index contributed by atoms with van der Waals surface area (Å²) in [6, 6.07) is 7.09. The third-order valence-electron chi connectivity index (χ3n) is 3.49. The fraction of sp³-hybridized carbons (Fsp3) is 0.538. The van der Waals surface area contributed by atoms with Gasteiger partial charge in [0.2, 0.25) is 10.0 Å². The van der Waals surface area contributed by atoms with Gasteiger partial charge in [-0.3, -0.25) is 0 Å². The molecule has 0 spiro atoms. The minimum Gasteiger partial charge on any atom is -0.330 e. The maximum atomic E-state index is 12.7. The van der Waals surface area contributed by atoms with Crippen LogP contribution in [0.25, 0.3) is 0 Å². The molecule has 0 amide bonds. The molecule has 1 aromatic rings. The van der Waals surface area contributed by atoms with Gasteiger partial charge in [0.15, 0.2) is 0 Å². The molecule has 1 atom stereocenters. The van der Waals surface area contributed by atoms with Crippen molar-refractivity contribution in [3.63, 3.8) is 0 Å². The Balaban J connectivity index is 2.28. The number of sulfonamides is 1. The average molecular weight is 394 g/mol. The summed E-state index contributed by atoms with van der Waals surface area (Å²) < 4.78 is 28.0. The van der Waals surface area contributed by atoms with Gasteiger partial charge < -0.3 is 5.73 Å². The minimum atomic E-state index is -3.38. The molecule has 1 aliphatic heterocycles. The van der Waals surface area contributed by atoms with E-state index in [1.165, 1.54) is 0 Å². The van der Waals surface area contributed by atoms with E-state index in [-0.39, 0.29) is 6.04 Å². The molecule has 2 N–H and O–H groups in total. The smallest absolute Gasteiger partial charge is 0.243 e. The van der Waals surface area contributed by atoms with E-state index in [4.69, 9.17) is 5.73 Å². The van der Waals surface area contributed by atoms with Gasteiger partial charge in [0.1, 0.15) is 0 Å². The number of hydrogen-bond acceptors (Lipinski definition) is 3. The van der Waals surface area contributed by atoms with Crippen LogP contribution in [0.15, 0.2) is 29.2 Å². The van der Waals surface area contributed by atoms with Crippen molar-refractivity contribution in [3.8, 4) is 0 Å². The van der Waals surface area contributed by atoms with E-state index in [0.717, 1.165) is 29.3 Å². The summed E-state index contributed by atoms with van der Waals surface area (Å²) in [6.07, 6.45) is 3.68. The Morgan fingerprint density at radius 3 is 2.58 bits per heavy atom. The average Bonchev–Trinajstić information content (AvgIpc) is 2.40. The molecule has 0 aromatic heterocycles. The topological polar surface area (TPSA) is 63.4 Å². The second-order valence-corrected chi connectivity index (χ2v) is 7.93. The van der Waals surface area contributed by atoms with E-state index in [1.54, 1.807) is 16.4 Å². The normalized spacial score (nSPS) is 21.5. The number of benzene rings is 1. The monoisotopic (exact) mass is 394 g/mol. The van der Waals surface area contributed by atoms with Gasteiger partial charge in [0, 0.05) is 16.2 Å². The van der Waals surface area contributed by atoms with Gasteiger partial charge in [-0.05, 0) is 72.7 Å². The summed E-state index contributed by atoms with van der Waals surface area (Å²) in [5.74, 6) is 0. The van der Waals surface area contributed by atoms with Crippen LogP contribution < -0.4 is 5.73 Å². The highest BCUT2D eigenvalue weighted by atomic mass is 127. The summed E-state index contributed by atoms with van der Waals surface area (Å²) >= 11 is 2.17. The zero-order chi connectivity index (χ0) is 13.9. The van der Waals surface area contributed by atoms with Crippen LogP contribution in [0.3, 0.4) is 0 Å². The van der Waals surface area contributed by atoms with Crippen LogP contribution in [0.4, 0.5) is 0 Å². The van der Waals surface area contributed by atoms with E-state index in [1.807, 2.05) is 12.1 Å². The molecule has 1 aliphatic rings. The molecule has 0 saturated carbocycles. The van der Waals surface area contributed by atoms with E-state index in [2.05, 4.69) is 22.6 Å². The Morgan fingerprint density at radius 1 is 1.26 bits per heavy atom. The van der Waals surface area contributed by atoms with Crippen molar-refractivity contribution in [2.24, 2.45) is 5.73 Å². The zero-order valence-electron chi connectivity index (χ0n) is 10.8. The number of nitrogens with zero attached hydrogens (tertiary/aromatic N) is 1. The van der Waals surface area contributed by atoms with Gasteiger partial charge in [-0.15, -0.1) is 0 Å². The summed E-state index contributed by atoms with van der Waals surface area (Å²) in [7, 11) is -3.38. The molecule has 4 nitrogen and oxygen atoms in total. The third kappa shape index (κ3) is 3.48. The molecule has 106 valence electrons. The highest BCUT2D eigenvalue weighted by Crippen LogP contribution is 2.27. The Morgan fingerprint density at radius 2 is 1.95 bits per heavy atom. The first-order valence-electron chi connectivity index (χ1n) is 6.53. The third-order valence-corrected chi connectivity index (χ3v) is 6.18. The molecule has 2 rings (SSSR count). The van der Waals surface area contributed by atoms with E-state index in [9.17, 15) is 8.42 Å². The zero-order valence-corrected chi connectivity index (χ0v) is 13.7. The maximum absolute atomic E-state index is 12.7. The molecule has 1 unspecified atom stereocenters. The number of rotatable bonds is 4. The number of hydrogen-bond donors (Lipinski definition) is 1. The number of nitrogens with two attached hydrogens (primary N) is 1.